The van der Waals surface area contributed by atoms with Crippen LogP contribution in [0.2, 0.25) is 0 Å². The van der Waals surface area contributed by atoms with Gasteiger partial charge in [-0.1, -0.05) is 6.92 Å². The fourth-order valence-corrected chi connectivity index (χ4v) is 2.27. The molecule has 5 nitrogen and oxygen atoms in total. The van der Waals surface area contributed by atoms with Crippen molar-refractivity contribution in [2.75, 3.05) is 7.05 Å². The molecular formula is C10H19N5. The first-order chi connectivity index (χ1) is 7.22. The maximum absolute atomic E-state index is 4.12. The zero-order valence-electron chi connectivity index (χ0n) is 9.64. The first kappa shape index (κ1) is 10.5. The number of nitrogens with zero attached hydrogens (tertiary/aromatic N) is 4. The predicted octanol–water partition coefficient (Wildman–Crippen LogP) is 1.31. The first-order valence-corrected chi connectivity index (χ1v) is 5.67. The van der Waals surface area contributed by atoms with E-state index in [1.165, 1.54) is 19.3 Å². The maximum atomic E-state index is 4.12. The van der Waals surface area contributed by atoms with Gasteiger partial charge in [-0.3, -0.25) is 0 Å². The molecule has 1 saturated carbocycles. The van der Waals surface area contributed by atoms with Crippen LogP contribution in [-0.2, 0) is 0 Å². The van der Waals surface area contributed by atoms with Crippen LogP contribution in [0.5, 0.6) is 0 Å². The van der Waals surface area contributed by atoms with Gasteiger partial charge in [0.2, 0.25) is 0 Å². The fraction of sp³-hybridized carbons (Fsp3) is 0.900. The average Bonchev–Trinajstić information content (AvgIpc) is 2.84. The summed E-state index contributed by atoms with van der Waals surface area (Å²) in [7, 11) is 1.93. The maximum Gasteiger partial charge on any atom is 0.168 e. The molecule has 15 heavy (non-hydrogen) atoms. The molecule has 0 spiro atoms. The molecule has 1 aliphatic carbocycles. The number of hydrogen-bond donors (Lipinski definition) is 1. The molecule has 0 aromatic carbocycles. The Morgan fingerprint density at radius 2 is 2.27 bits per heavy atom. The van der Waals surface area contributed by atoms with Crippen LogP contribution in [0.1, 0.15) is 51.0 Å². The molecule has 3 unspecified atom stereocenters. The molecule has 84 valence electrons. The minimum absolute atomic E-state index is 0.218. The Kier molecular flexibility index (Phi) is 3.00. The molecule has 1 aromatic rings. The van der Waals surface area contributed by atoms with E-state index in [1.54, 1.807) is 0 Å². The Labute approximate surface area is 90.2 Å². The van der Waals surface area contributed by atoms with Gasteiger partial charge in [0.1, 0.15) is 0 Å². The van der Waals surface area contributed by atoms with Crippen LogP contribution in [0.3, 0.4) is 0 Å². The van der Waals surface area contributed by atoms with Crippen LogP contribution in [-0.4, -0.2) is 27.3 Å². The molecule has 1 N–H and O–H groups in total. The molecule has 1 heterocycles. The lowest BCUT2D eigenvalue weighted by molar-refractivity contribution is 0.407. The highest BCUT2D eigenvalue weighted by molar-refractivity contribution is 4.93. The van der Waals surface area contributed by atoms with Crippen LogP contribution >= 0.6 is 0 Å². The zero-order valence-corrected chi connectivity index (χ0v) is 9.64. The summed E-state index contributed by atoms with van der Waals surface area (Å²) >= 11 is 0. The van der Waals surface area contributed by atoms with Gasteiger partial charge in [0, 0.05) is 0 Å². The normalized spacial score (nSPS) is 28.2. The smallest absolute Gasteiger partial charge is 0.168 e. The molecule has 0 amide bonds. The van der Waals surface area contributed by atoms with Crippen LogP contribution in [0, 0.1) is 5.92 Å². The van der Waals surface area contributed by atoms with Gasteiger partial charge < -0.3 is 5.32 Å². The molecule has 1 fully saturated rings. The molecular weight excluding hydrogens is 190 g/mol. The topological polar surface area (TPSA) is 55.6 Å². The quantitative estimate of drug-likeness (QED) is 0.815. The predicted molar refractivity (Wildman–Crippen MR) is 57.3 cm³/mol. The minimum Gasteiger partial charge on any atom is -0.311 e. The van der Waals surface area contributed by atoms with Crippen molar-refractivity contribution < 1.29 is 0 Å². The van der Waals surface area contributed by atoms with E-state index in [2.05, 4.69) is 34.7 Å². The van der Waals surface area contributed by atoms with E-state index in [9.17, 15) is 0 Å². The Bertz CT molecular complexity index is 321. The molecule has 2 rings (SSSR count). The van der Waals surface area contributed by atoms with E-state index in [0.717, 1.165) is 11.7 Å². The Hall–Kier alpha value is -0.970. The van der Waals surface area contributed by atoms with Crippen LogP contribution in [0.15, 0.2) is 0 Å². The first-order valence-electron chi connectivity index (χ1n) is 5.67. The molecule has 3 atom stereocenters. The third-order valence-electron chi connectivity index (χ3n) is 3.35. The summed E-state index contributed by atoms with van der Waals surface area (Å²) in [5.41, 5.74) is 0. The van der Waals surface area contributed by atoms with Gasteiger partial charge in [-0.2, -0.15) is 0 Å². The Balaban J connectivity index is 2.17. The van der Waals surface area contributed by atoms with Crippen LogP contribution < -0.4 is 5.32 Å². The molecule has 0 saturated heterocycles. The van der Waals surface area contributed by atoms with Crippen molar-refractivity contribution in [3.05, 3.63) is 5.82 Å². The average molecular weight is 209 g/mol. The lowest BCUT2D eigenvalue weighted by Crippen LogP contribution is -2.20. The third-order valence-corrected chi connectivity index (χ3v) is 3.35. The van der Waals surface area contributed by atoms with Crippen LogP contribution in [0.25, 0.3) is 0 Å². The molecule has 0 bridgehead atoms. The van der Waals surface area contributed by atoms with E-state index >= 15 is 0 Å². The van der Waals surface area contributed by atoms with Crippen molar-refractivity contribution in [3.63, 3.8) is 0 Å². The lowest BCUT2D eigenvalue weighted by Gasteiger charge is -2.15. The Morgan fingerprint density at radius 3 is 2.87 bits per heavy atom. The standard InChI is InChI=1S/C10H19N5/c1-7-4-5-9(6-7)15-10(8(2)11-3)12-13-14-15/h7-9,11H,4-6H2,1-3H3. The van der Waals surface area contributed by atoms with Crippen molar-refractivity contribution in [2.45, 2.75) is 45.2 Å². The van der Waals surface area contributed by atoms with Gasteiger partial charge in [-0.15, -0.1) is 5.10 Å². The summed E-state index contributed by atoms with van der Waals surface area (Å²) in [6.45, 7) is 4.38. The van der Waals surface area contributed by atoms with Crippen molar-refractivity contribution in [1.29, 1.82) is 0 Å². The largest absolute Gasteiger partial charge is 0.311 e. The van der Waals surface area contributed by atoms with Gasteiger partial charge in [0.25, 0.3) is 0 Å². The van der Waals surface area contributed by atoms with Crippen molar-refractivity contribution in [2.24, 2.45) is 5.92 Å². The zero-order chi connectivity index (χ0) is 10.8. The van der Waals surface area contributed by atoms with Gasteiger partial charge in [0.15, 0.2) is 5.82 Å². The molecule has 0 aliphatic heterocycles. The second-order valence-electron chi connectivity index (χ2n) is 4.56. The summed E-state index contributed by atoms with van der Waals surface area (Å²) in [6.07, 6.45) is 3.70. The fourth-order valence-electron chi connectivity index (χ4n) is 2.27. The van der Waals surface area contributed by atoms with Crippen molar-refractivity contribution in [1.82, 2.24) is 25.5 Å². The number of nitrogens with one attached hydrogen (secondary N) is 1. The summed E-state index contributed by atoms with van der Waals surface area (Å²) in [5.74, 6) is 1.76. The van der Waals surface area contributed by atoms with Crippen molar-refractivity contribution in [3.8, 4) is 0 Å². The lowest BCUT2D eigenvalue weighted by atomic mass is 10.1. The monoisotopic (exact) mass is 209 g/mol. The molecule has 1 aliphatic rings. The summed E-state index contributed by atoms with van der Waals surface area (Å²) in [6, 6.07) is 0.719. The molecule has 0 radical (unpaired) electrons. The highest BCUT2D eigenvalue weighted by Crippen LogP contribution is 2.34. The number of hydrogen-bond acceptors (Lipinski definition) is 4. The second kappa shape index (κ2) is 4.26. The highest BCUT2D eigenvalue weighted by atomic mass is 15.6. The number of tetrazole rings is 1. The third kappa shape index (κ3) is 2.02. The highest BCUT2D eigenvalue weighted by Gasteiger charge is 2.27. The van der Waals surface area contributed by atoms with E-state index in [0.29, 0.717) is 6.04 Å². The van der Waals surface area contributed by atoms with E-state index in [-0.39, 0.29) is 6.04 Å². The SMILES string of the molecule is CNC(C)c1nnnn1C1CCC(C)C1. The van der Waals surface area contributed by atoms with Gasteiger partial charge in [0.05, 0.1) is 12.1 Å². The van der Waals surface area contributed by atoms with Gasteiger partial charge in [-0.25, -0.2) is 4.68 Å². The Morgan fingerprint density at radius 1 is 1.47 bits per heavy atom. The summed E-state index contributed by atoms with van der Waals surface area (Å²) in [4.78, 5) is 0. The van der Waals surface area contributed by atoms with E-state index in [1.807, 2.05) is 11.7 Å². The van der Waals surface area contributed by atoms with E-state index in [4.69, 9.17) is 0 Å². The van der Waals surface area contributed by atoms with E-state index < -0.39 is 0 Å². The molecule has 1 aromatic heterocycles. The minimum atomic E-state index is 0.218. The number of rotatable bonds is 3. The number of aromatic nitrogens is 4. The summed E-state index contributed by atoms with van der Waals surface area (Å²) < 4.78 is 2.00. The van der Waals surface area contributed by atoms with Gasteiger partial charge >= 0.3 is 0 Å². The van der Waals surface area contributed by atoms with Gasteiger partial charge in [-0.05, 0) is 49.6 Å². The molecule has 5 heteroatoms. The van der Waals surface area contributed by atoms with Crippen molar-refractivity contribution >= 4 is 0 Å². The van der Waals surface area contributed by atoms with Crippen LogP contribution in [0.4, 0.5) is 0 Å². The summed E-state index contributed by atoms with van der Waals surface area (Å²) in [5, 5.41) is 15.2. The second-order valence-corrected chi connectivity index (χ2v) is 4.56.